The van der Waals surface area contributed by atoms with Gasteiger partial charge in [0.1, 0.15) is 22.7 Å². The largest absolute Gasteiger partial charge is 0.379 e. The summed E-state index contributed by atoms with van der Waals surface area (Å²) < 4.78 is 14.9. The number of aromatic nitrogens is 6. The number of morpholine rings is 2. The Morgan fingerprint density at radius 1 is 0.561 bits per heavy atom. The van der Waals surface area contributed by atoms with Crippen molar-refractivity contribution in [3.8, 4) is 22.5 Å². The lowest BCUT2D eigenvalue weighted by molar-refractivity contribution is 0.0339. The normalized spacial score (nSPS) is 14.5. The number of aryl methyl sites for hydroxylation is 4. The van der Waals surface area contributed by atoms with Crippen LogP contribution in [0.2, 0.25) is 0 Å². The van der Waals surface area contributed by atoms with Crippen LogP contribution in [0.5, 0.6) is 0 Å². The predicted molar refractivity (Wildman–Crippen MR) is 257 cm³/mol. The van der Waals surface area contributed by atoms with Gasteiger partial charge in [-0.3, -0.25) is 29.4 Å². The molecule has 2 aliphatic heterocycles. The molecule has 0 radical (unpaired) electrons. The van der Waals surface area contributed by atoms with Crippen LogP contribution in [0.1, 0.15) is 54.4 Å². The number of anilines is 2. The second-order valence-electron chi connectivity index (χ2n) is 17.0. The Hall–Kier alpha value is -7.10. The van der Waals surface area contributed by atoms with Crippen LogP contribution in [0.3, 0.4) is 0 Å². The van der Waals surface area contributed by atoms with Crippen molar-refractivity contribution in [3.63, 3.8) is 0 Å². The van der Waals surface area contributed by atoms with Gasteiger partial charge in [-0.05, 0) is 97.5 Å². The van der Waals surface area contributed by atoms with Crippen LogP contribution in [0, 0.1) is 27.7 Å². The summed E-state index contributed by atoms with van der Waals surface area (Å²) in [6, 6.07) is 27.7. The topological polar surface area (TPSA) is 144 Å². The Balaban J connectivity index is 0.000000166. The average Bonchev–Trinajstić information content (AvgIpc) is 3.98. The van der Waals surface area contributed by atoms with Crippen LogP contribution in [0.4, 0.5) is 11.4 Å². The van der Waals surface area contributed by atoms with Crippen molar-refractivity contribution in [2.75, 3.05) is 63.2 Å². The SMILES string of the molecule is Cc1cnc(C(=O)Nc2ccc(-c3cn4cccc(C)c4n3)cc2)c(CN2CCOCC2)c1.Cc1cnc(C(=O)Nc2ccc(-c3cn4cccc(C)c4n3)cc2)c(CN2CCOCC2)c1. The fourth-order valence-electron chi connectivity index (χ4n) is 8.32. The highest BCUT2D eigenvalue weighted by molar-refractivity contribution is 6.04. The highest BCUT2D eigenvalue weighted by Crippen LogP contribution is 2.25. The minimum atomic E-state index is -0.200. The minimum Gasteiger partial charge on any atom is -0.379 e. The Morgan fingerprint density at radius 2 is 0.955 bits per heavy atom. The molecule has 2 saturated heterocycles. The molecule has 0 aliphatic carbocycles. The molecule has 2 aromatic carbocycles. The van der Waals surface area contributed by atoms with E-state index in [1.807, 2.05) is 120 Å². The van der Waals surface area contributed by atoms with E-state index in [-0.39, 0.29) is 11.8 Å². The monoisotopic (exact) mass is 882 g/mol. The summed E-state index contributed by atoms with van der Waals surface area (Å²) in [6.45, 7) is 15.8. The number of benzene rings is 2. The lowest BCUT2D eigenvalue weighted by Gasteiger charge is -2.27. The smallest absolute Gasteiger partial charge is 0.274 e. The number of pyridine rings is 4. The molecule has 2 N–H and O–H groups in total. The van der Waals surface area contributed by atoms with Gasteiger partial charge in [0.05, 0.1) is 37.8 Å². The van der Waals surface area contributed by atoms with Crippen LogP contribution < -0.4 is 10.6 Å². The van der Waals surface area contributed by atoms with Crippen molar-refractivity contribution >= 4 is 34.5 Å². The van der Waals surface area contributed by atoms with E-state index in [1.165, 1.54) is 0 Å². The highest BCUT2D eigenvalue weighted by Gasteiger charge is 2.20. The molecule has 14 nitrogen and oxygen atoms in total. The number of nitrogens with zero attached hydrogens (tertiary/aromatic N) is 8. The molecule has 2 aliphatic rings. The van der Waals surface area contributed by atoms with Gasteiger partial charge in [0.15, 0.2) is 0 Å². The molecule has 10 rings (SSSR count). The third kappa shape index (κ3) is 10.4. The Labute approximate surface area is 384 Å². The Bertz CT molecular complexity index is 2780. The molecule has 66 heavy (non-hydrogen) atoms. The minimum absolute atomic E-state index is 0.200. The zero-order valence-electron chi connectivity index (χ0n) is 37.8. The number of carbonyl (C=O) groups is 2. The molecule has 8 heterocycles. The fraction of sp³-hybridized carbons (Fsp3) is 0.269. The third-order valence-corrected chi connectivity index (χ3v) is 11.9. The van der Waals surface area contributed by atoms with Crippen LogP contribution in [-0.4, -0.2) is 103 Å². The summed E-state index contributed by atoms with van der Waals surface area (Å²) in [4.78, 5) is 49.1. The van der Waals surface area contributed by atoms with Gasteiger partial charge in [-0.15, -0.1) is 0 Å². The first-order valence-electron chi connectivity index (χ1n) is 22.4. The van der Waals surface area contributed by atoms with Crippen molar-refractivity contribution in [1.29, 1.82) is 0 Å². The van der Waals surface area contributed by atoms with E-state index >= 15 is 0 Å². The average molecular weight is 883 g/mol. The van der Waals surface area contributed by atoms with Gasteiger partial charge >= 0.3 is 0 Å². The Morgan fingerprint density at radius 3 is 1.33 bits per heavy atom. The molecule has 0 spiro atoms. The molecule has 0 bridgehead atoms. The summed E-state index contributed by atoms with van der Waals surface area (Å²) >= 11 is 0. The molecule has 2 amide bonds. The molecule has 8 aromatic rings. The van der Waals surface area contributed by atoms with E-state index in [0.29, 0.717) is 24.5 Å². The summed E-state index contributed by atoms with van der Waals surface area (Å²) in [6.07, 6.45) is 11.5. The van der Waals surface area contributed by atoms with Gasteiger partial charge in [-0.1, -0.05) is 48.5 Å². The van der Waals surface area contributed by atoms with E-state index in [4.69, 9.17) is 19.4 Å². The lowest BCUT2D eigenvalue weighted by Crippen LogP contribution is -2.36. The number of imidazole rings is 2. The first-order valence-corrected chi connectivity index (χ1v) is 22.4. The van der Waals surface area contributed by atoms with Gasteiger partial charge in [0.25, 0.3) is 11.8 Å². The van der Waals surface area contributed by atoms with Crippen molar-refractivity contribution in [3.05, 3.63) is 167 Å². The molecule has 6 aromatic heterocycles. The highest BCUT2D eigenvalue weighted by atomic mass is 16.5. The van der Waals surface area contributed by atoms with E-state index in [1.54, 1.807) is 12.4 Å². The van der Waals surface area contributed by atoms with Crippen LogP contribution in [-0.2, 0) is 22.6 Å². The standard InChI is InChI=1S/2C26H27N5O2/c2*1-18-14-21(16-30-10-12-33-13-11-30)24(27-15-18)26(32)28-22-7-5-20(6-8-22)23-17-31-9-3-4-19(2)25(31)29-23/h2*3-9,14-15,17H,10-13,16H2,1-2H3,(H,28,32). The molecule has 0 atom stereocenters. The molecular formula is C52H54N10O4. The quantitative estimate of drug-likeness (QED) is 0.138. The number of hydrogen-bond acceptors (Lipinski definition) is 10. The number of carbonyl (C=O) groups excluding carboxylic acids is 2. The number of fused-ring (bicyclic) bond motifs is 2. The zero-order chi connectivity index (χ0) is 45.6. The third-order valence-electron chi connectivity index (χ3n) is 11.9. The lowest BCUT2D eigenvalue weighted by atomic mass is 10.1. The molecule has 0 unspecified atom stereocenters. The number of nitrogens with one attached hydrogen (secondary N) is 2. The maximum atomic E-state index is 13.1. The second-order valence-corrected chi connectivity index (χ2v) is 17.0. The van der Waals surface area contributed by atoms with Crippen molar-refractivity contribution < 1.29 is 19.1 Å². The van der Waals surface area contributed by atoms with Crippen LogP contribution in [0.15, 0.2) is 122 Å². The van der Waals surface area contributed by atoms with Crippen molar-refractivity contribution in [2.45, 2.75) is 40.8 Å². The zero-order valence-corrected chi connectivity index (χ0v) is 37.8. The van der Waals surface area contributed by atoms with Gasteiger partial charge in [0, 0.05) is 99.0 Å². The van der Waals surface area contributed by atoms with Crippen LogP contribution in [0.25, 0.3) is 33.8 Å². The van der Waals surface area contributed by atoms with Gasteiger partial charge in [-0.25, -0.2) is 9.97 Å². The first-order chi connectivity index (χ1) is 32.1. The van der Waals surface area contributed by atoms with Crippen molar-refractivity contribution in [2.24, 2.45) is 0 Å². The van der Waals surface area contributed by atoms with E-state index in [0.717, 1.165) is 131 Å². The van der Waals surface area contributed by atoms with Gasteiger partial charge in [-0.2, -0.15) is 0 Å². The van der Waals surface area contributed by atoms with E-state index in [2.05, 4.69) is 56.4 Å². The summed E-state index contributed by atoms with van der Waals surface area (Å²) in [5, 5.41) is 6.00. The van der Waals surface area contributed by atoms with Gasteiger partial charge < -0.3 is 28.9 Å². The van der Waals surface area contributed by atoms with E-state index in [9.17, 15) is 9.59 Å². The number of rotatable bonds is 10. The molecular weight excluding hydrogens is 829 g/mol. The molecule has 2 fully saturated rings. The van der Waals surface area contributed by atoms with Crippen LogP contribution >= 0.6 is 0 Å². The summed E-state index contributed by atoms with van der Waals surface area (Å²) in [5.74, 6) is -0.399. The van der Waals surface area contributed by atoms with E-state index < -0.39 is 0 Å². The number of hydrogen-bond donors (Lipinski definition) is 2. The summed E-state index contributed by atoms with van der Waals surface area (Å²) in [5.41, 5.74) is 14.3. The predicted octanol–water partition coefficient (Wildman–Crippen LogP) is 8.20. The molecule has 336 valence electrons. The summed E-state index contributed by atoms with van der Waals surface area (Å²) in [7, 11) is 0. The molecule has 14 heteroatoms. The second kappa shape index (κ2) is 20.0. The number of amides is 2. The van der Waals surface area contributed by atoms with Crippen molar-refractivity contribution in [1.82, 2.24) is 38.5 Å². The Kier molecular flexibility index (Phi) is 13.3. The number of ether oxygens (including phenoxy) is 2. The maximum absolute atomic E-state index is 13.1. The first kappa shape index (κ1) is 44.1. The van der Waals surface area contributed by atoms with Gasteiger partial charge in [0.2, 0.25) is 0 Å². The fourth-order valence-corrected chi connectivity index (χ4v) is 8.32. The maximum Gasteiger partial charge on any atom is 0.274 e. The molecule has 0 saturated carbocycles.